The van der Waals surface area contributed by atoms with Gasteiger partial charge in [-0.25, -0.2) is 19.9 Å². The quantitative estimate of drug-likeness (QED) is 0.144. The van der Waals surface area contributed by atoms with E-state index < -0.39 is 0 Å². The Kier molecular flexibility index (Phi) is 11.8. The molecule has 4 heterocycles. The molecule has 14 rings (SSSR count). The Bertz CT molecular complexity index is 3810. The van der Waals surface area contributed by atoms with Crippen molar-refractivity contribution < 1.29 is 0 Å². The fourth-order valence-corrected chi connectivity index (χ4v) is 12.2. The molecule has 80 heavy (non-hydrogen) atoms. The van der Waals surface area contributed by atoms with Crippen molar-refractivity contribution in [3.05, 3.63) is 289 Å². The van der Waals surface area contributed by atoms with Gasteiger partial charge in [0.05, 0.1) is 45.5 Å². The molecule has 0 N–H and O–H groups in total. The smallest absolute Gasteiger partial charge is 0.161 e. The number of anilines is 6. The van der Waals surface area contributed by atoms with Crippen LogP contribution >= 0.6 is 0 Å². The predicted molar refractivity (Wildman–Crippen MR) is 329 cm³/mol. The Morgan fingerprint density at radius 2 is 0.500 bits per heavy atom. The van der Waals surface area contributed by atoms with Gasteiger partial charge in [-0.15, -0.1) is 0 Å². The molecule has 382 valence electrons. The molecule has 6 heteroatoms. The monoisotopic (exact) mass is 1030 g/mol. The molecule has 12 aromatic rings. The molecule has 0 amide bonds. The van der Waals surface area contributed by atoms with E-state index >= 15 is 0 Å². The summed E-state index contributed by atoms with van der Waals surface area (Å²) in [6, 6.07) is 94.9. The van der Waals surface area contributed by atoms with Gasteiger partial charge in [0.25, 0.3) is 0 Å². The third-order valence-corrected chi connectivity index (χ3v) is 16.3. The topological polar surface area (TPSA) is 58.0 Å². The molecule has 0 saturated carbocycles. The van der Waals surface area contributed by atoms with Crippen molar-refractivity contribution in [2.45, 2.75) is 38.5 Å². The maximum Gasteiger partial charge on any atom is 0.161 e. The standard InChI is InChI=1S/C74H56N6/c1-73(2)59-33-17-21-37-67(59)79(68-38-22-18-34-60(68)73)53-41-43-55(57(45-53)71-75-63(49-25-9-5-10-26-49)47-64(76-71)50-27-11-6-12-28-50)56-44-42-54(80-69-39-23-19-35-61(69)74(3,4)62-36-20-24-40-70(62)80)46-58(56)72-77-65(51-29-13-7-14-30-51)48-66(78-72)52-31-15-8-16-32-52/h5-48H,1-4H3. The lowest BCUT2D eigenvalue weighted by Gasteiger charge is -2.42. The second-order valence-corrected chi connectivity index (χ2v) is 21.8. The number of fused-ring (bicyclic) bond motifs is 4. The van der Waals surface area contributed by atoms with Gasteiger partial charge in [0.15, 0.2) is 11.6 Å². The number of hydrogen-bond donors (Lipinski definition) is 0. The Hall–Kier alpha value is -10.0. The molecule has 2 aliphatic rings. The van der Waals surface area contributed by atoms with Crippen LogP contribution in [0.1, 0.15) is 49.9 Å². The van der Waals surface area contributed by atoms with E-state index in [0.717, 1.165) is 101 Å². The molecule has 0 bridgehead atoms. The second-order valence-electron chi connectivity index (χ2n) is 21.8. The van der Waals surface area contributed by atoms with Gasteiger partial charge >= 0.3 is 0 Å². The molecular weight excluding hydrogens is 973 g/mol. The van der Waals surface area contributed by atoms with Crippen molar-refractivity contribution in [3.63, 3.8) is 0 Å². The van der Waals surface area contributed by atoms with Crippen LogP contribution in [0.5, 0.6) is 0 Å². The third-order valence-electron chi connectivity index (χ3n) is 16.3. The summed E-state index contributed by atoms with van der Waals surface area (Å²) < 4.78 is 0. The van der Waals surface area contributed by atoms with Gasteiger partial charge < -0.3 is 9.80 Å². The van der Waals surface area contributed by atoms with E-state index in [4.69, 9.17) is 19.9 Å². The number of rotatable bonds is 9. The van der Waals surface area contributed by atoms with E-state index in [9.17, 15) is 0 Å². The molecule has 2 aliphatic heterocycles. The normalized spacial score (nSPS) is 13.7. The summed E-state index contributed by atoms with van der Waals surface area (Å²) in [5, 5.41) is 0. The number of aromatic nitrogens is 4. The minimum atomic E-state index is -0.237. The summed E-state index contributed by atoms with van der Waals surface area (Å²) in [5.41, 5.74) is 22.0. The van der Waals surface area contributed by atoms with Crippen molar-refractivity contribution in [3.8, 4) is 78.9 Å². The van der Waals surface area contributed by atoms with E-state index in [2.05, 4.69) is 280 Å². The first kappa shape index (κ1) is 48.3. The fourth-order valence-electron chi connectivity index (χ4n) is 12.2. The Balaban J connectivity index is 1.08. The van der Waals surface area contributed by atoms with Gasteiger partial charge in [-0.05, 0) is 94.0 Å². The van der Waals surface area contributed by atoms with E-state index in [0.29, 0.717) is 11.6 Å². The third kappa shape index (κ3) is 8.27. The van der Waals surface area contributed by atoms with Crippen molar-refractivity contribution in [2.24, 2.45) is 0 Å². The lowest BCUT2D eigenvalue weighted by molar-refractivity contribution is 0.632. The van der Waals surface area contributed by atoms with Crippen molar-refractivity contribution in [2.75, 3.05) is 9.80 Å². The molecule has 0 radical (unpaired) electrons. The van der Waals surface area contributed by atoms with Crippen LogP contribution in [0, 0.1) is 0 Å². The van der Waals surface area contributed by atoms with Gasteiger partial charge in [-0.3, -0.25) is 0 Å². The minimum absolute atomic E-state index is 0.237. The van der Waals surface area contributed by atoms with Crippen LogP contribution in [0.15, 0.2) is 267 Å². The Morgan fingerprint density at radius 1 is 0.250 bits per heavy atom. The second kappa shape index (κ2) is 19.5. The van der Waals surface area contributed by atoms with Crippen LogP contribution in [0.3, 0.4) is 0 Å². The Morgan fingerprint density at radius 3 is 0.775 bits per heavy atom. The maximum atomic E-state index is 5.58. The van der Waals surface area contributed by atoms with E-state index in [1.807, 2.05) is 24.3 Å². The highest BCUT2D eigenvalue weighted by molar-refractivity contribution is 5.97. The van der Waals surface area contributed by atoms with Gasteiger partial charge in [0.2, 0.25) is 0 Å². The van der Waals surface area contributed by atoms with Crippen LogP contribution in [0.25, 0.3) is 78.9 Å². The number of nitrogens with zero attached hydrogens (tertiary/aromatic N) is 6. The van der Waals surface area contributed by atoms with Crippen LogP contribution in [-0.2, 0) is 10.8 Å². The van der Waals surface area contributed by atoms with Crippen molar-refractivity contribution >= 4 is 34.1 Å². The van der Waals surface area contributed by atoms with Gasteiger partial charge in [-0.2, -0.15) is 0 Å². The molecule has 10 aromatic carbocycles. The molecule has 0 aliphatic carbocycles. The fraction of sp³-hybridized carbons (Fsp3) is 0.0811. The lowest BCUT2D eigenvalue weighted by Crippen LogP contribution is -2.30. The van der Waals surface area contributed by atoms with E-state index in [1.54, 1.807) is 0 Å². The summed E-state index contributed by atoms with van der Waals surface area (Å²) in [4.78, 5) is 27.1. The van der Waals surface area contributed by atoms with Crippen LogP contribution < -0.4 is 9.80 Å². The van der Waals surface area contributed by atoms with Crippen LogP contribution in [0.4, 0.5) is 34.1 Å². The zero-order valence-corrected chi connectivity index (χ0v) is 45.1. The average molecular weight is 1030 g/mol. The molecule has 0 spiro atoms. The molecule has 6 nitrogen and oxygen atoms in total. The first-order valence-corrected chi connectivity index (χ1v) is 27.5. The van der Waals surface area contributed by atoms with Crippen molar-refractivity contribution in [1.29, 1.82) is 0 Å². The van der Waals surface area contributed by atoms with Gasteiger partial charge in [0.1, 0.15) is 0 Å². The first-order chi connectivity index (χ1) is 39.2. The summed E-state index contributed by atoms with van der Waals surface area (Å²) in [6.07, 6.45) is 0. The van der Waals surface area contributed by atoms with Crippen LogP contribution in [0.2, 0.25) is 0 Å². The molecule has 0 fully saturated rings. The molecule has 2 aromatic heterocycles. The Labute approximate surface area is 468 Å². The largest absolute Gasteiger partial charge is 0.310 e. The zero-order chi connectivity index (χ0) is 54.0. The number of benzene rings is 10. The van der Waals surface area contributed by atoms with Crippen molar-refractivity contribution in [1.82, 2.24) is 19.9 Å². The lowest BCUT2D eigenvalue weighted by atomic mass is 9.73. The summed E-state index contributed by atoms with van der Waals surface area (Å²) in [6.45, 7) is 9.32. The number of para-hydroxylation sites is 4. The van der Waals surface area contributed by atoms with Crippen LogP contribution in [-0.4, -0.2) is 19.9 Å². The molecule has 0 atom stereocenters. The predicted octanol–water partition coefficient (Wildman–Crippen LogP) is 19.2. The molecule has 0 unspecified atom stereocenters. The average Bonchev–Trinajstić information content (AvgIpc) is 3.31. The highest BCUT2D eigenvalue weighted by Gasteiger charge is 2.39. The van der Waals surface area contributed by atoms with Gasteiger partial charge in [0, 0.05) is 55.6 Å². The number of hydrogen-bond acceptors (Lipinski definition) is 6. The molecular formula is C74H56N6. The minimum Gasteiger partial charge on any atom is -0.310 e. The van der Waals surface area contributed by atoms with E-state index in [1.165, 1.54) is 22.3 Å². The SMILES string of the molecule is CC1(C)c2ccccc2N(c2ccc(-c3ccc(N4c5ccccc5C(C)(C)c5ccccc54)cc3-c3nc(-c4ccccc4)cc(-c4ccccc4)n3)c(-c3nc(-c4ccccc4)cc(-c4ccccc4)n3)c2)c2ccccc21. The summed E-state index contributed by atoms with van der Waals surface area (Å²) in [7, 11) is 0. The maximum absolute atomic E-state index is 5.58. The highest BCUT2D eigenvalue weighted by atomic mass is 15.2. The zero-order valence-electron chi connectivity index (χ0n) is 45.1. The summed E-state index contributed by atoms with van der Waals surface area (Å²) >= 11 is 0. The highest BCUT2D eigenvalue weighted by Crippen LogP contribution is 2.55. The summed E-state index contributed by atoms with van der Waals surface area (Å²) in [5.74, 6) is 1.20. The van der Waals surface area contributed by atoms with Gasteiger partial charge in [-0.1, -0.05) is 234 Å². The van der Waals surface area contributed by atoms with E-state index in [-0.39, 0.29) is 10.8 Å². The molecule has 0 saturated heterocycles. The first-order valence-electron chi connectivity index (χ1n) is 27.5.